The van der Waals surface area contributed by atoms with Crippen LogP contribution in [0.25, 0.3) is 17.1 Å². The first-order chi connectivity index (χ1) is 22.0. The summed E-state index contributed by atoms with van der Waals surface area (Å²) in [5.41, 5.74) is 6.14. The summed E-state index contributed by atoms with van der Waals surface area (Å²) in [5, 5.41) is 8.38. The van der Waals surface area contributed by atoms with Crippen molar-refractivity contribution in [1.82, 2.24) is 20.1 Å². The second-order valence-corrected chi connectivity index (χ2v) is 13.0. The molecule has 1 saturated carbocycles. The van der Waals surface area contributed by atoms with Gasteiger partial charge in [0.1, 0.15) is 12.1 Å². The molecular formula is C34H35F3N6O2S. The van der Waals surface area contributed by atoms with Crippen LogP contribution in [0, 0.1) is 6.92 Å². The number of urea groups is 1. The molecule has 12 heteroatoms. The smallest absolute Gasteiger partial charge is 0.406 e. The molecular weight excluding hydrogens is 613 g/mol. The topological polar surface area (TPSA) is 84.6 Å². The molecule has 46 heavy (non-hydrogen) atoms. The van der Waals surface area contributed by atoms with Crippen molar-refractivity contribution in [2.45, 2.75) is 64.3 Å². The second-order valence-electron chi connectivity index (χ2n) is 11.9. The van der Waals surface area contributed by atoms with Gasteiger partial charge in [-0.05, 0) is 85.0 Å². The van der Waals surface area contributed by atoms with Crippen LogP contribution in [0.5, 0.6) is 5.75 Å². The van der Waals surface area contributed by atoms with E-state index < -0.39 is 6.36 Å². The fourth-order valence-corrected chi connectivity index (χ4v) is 6.98. The van der Waals surface area contributed by atoms with Gasteiger partial charge in [0.15, 0.2) is 11.0 Å². The SMILES string of the molecule is Cc1ccc(C(C)C)c(N2CCS/C2=N\C(=O)NC2CCC(c3ccc(-c4ncn(-c5ccc(OC(F)(F)F)cc5)n4)cc3)C2)c1. The van der Waals surface area contributed by atoms with E-state index in [2.05, 4.69) is 81.1 Å². The van der Waals surface area contributed by atoms with Gasteiger partial charge in [-0.2, -0.15) is 4.99 Å². The molecule has 1 aromatic heterocycles. The van der Waals surface area contributed by atoms with Crippen LogP contribution in [0.4, 0.5) is 23.7 Å². The van der Waals surface area contributed by atoms with Crippen LogP contribution in [0.15, 0.2) is 78.0 Å². The number of carbonyl (C=O) groups excluding carboxylic acids is 1. The first kappa shape index (κ1) is 31.7. The highest BCUT2D eigenvalue weighted by atomic mass is 32.2. The number of carbonyl (C=O) groups is 1. The molecule has 1 N–H and O–H groups in total. The number of nitrogens with zero attached hydrogens (tertiary/aromatic N) is 5. The Kier molecular flexibility index (Phi) is 9.08. The molecule has 0 spiro atoms. The number of aromatic nitrogens is 3. The quantitative estimate of drug-likeness (QED) is 0.217. The number of thioether (sulfide) groups is 1. The lowest BCUT2D eigenvalue weighted by Crippen LogP contribution is -2.33. The first-order valence-corrected chi connectivity index (χ1v) is 16.3. The molecule has 1 aliphatic heterocycles. The average molecular weight is 649 g/mol. The average Bonchev–Trinajstić information content (AvgIpc) is 3.78. The van der Waals surface area contributed by atoms with Gasteiger partial charge in [-0.15, -0.1) is 18.3 Å². The molecule has 0 radical (unpaired) electrons. The van der Waals surface area contributed by atoms with Gasteiger partial charge < -0.3 is 15.0 Å². The summed E-state index contributed by atoms with van der Waals surface area (Å²) >= 11 is 1.62. The molecule has 2 aliphatic rings. The summed E-state index contributed by atoms with van der Waals surface area (Å²) in [7, 11) is 0. The van der Waals surface area contributed by atoms with Crippen molar-refractivity contribution in [3.8, 4) is 22.8 Å². The zero-order valence-corrected chi connectivity index (χ0v) is 26.6. The minimum atomic E-state index is -4.74. The van der Waals surface area contributed by atoms with Gasteiger partial charge in [-0.25, -0.2) is 14.5 Å². The van der Waals surface area contributed by atoms with E-state index in [9.17, 15) is 18.0 Å². The normalized spacial score (nSPS) is 19.3. The third kappa shape index (κ3) is 7.38. The molecule has 0 bridgehead atoms. The van der Waals surface area contributed by atoms with Crippen LogP contribution < -0.4 is 15.0 Å². The number of hydrogen-bond acceptors (Lipinski definition) is 5. The lowest BCUT2D eigenvalue weighted by molar-refractivity contribution is -0.274. The van der Waals surface area contributed by atoms with Crippen LogP contribution in [-0.2, 0) is 0 Å². The Morgan fingerprint density at radius 2 is 1.83 bits per heavy atom. The number of amides is 2. The lowest BCUT2D eigenvalue weighted by Gasteiger charge is -2.24. The summed E-state index contributed by atoms with van der Waals surface area (Å²) in [5.74, 6) is 1.77. The third-order valence-corrected chi connectivity index (χ3v) is 9.26. The van der Waals surface area contributed by atoms with Crippen molar-refractivity contribution in [1.29, 1.82) is 0 Å². The minimum absolute atomic E-state index is 0.0526. The molecule has 2 fully saturated rings. The monoisotopic (exact) mass is 648 g/mol. The summed E-state index contributed by atoms with van der Waals surface area (Å²) in [6.07, 6.45) is -0.544. The molecule has 2 heterocycles. The Morgan fingerprint density at radius 3 is 2.54 bits per heavy atom. The molecule has 240 valence electrons. The van der Waals surface area contributed by atoms with Gasteiger partial charge in [0, 0.05) is 29.6 Å². The van der Waals surface area contributed by atoms with Crippen molar-refractivity contribution in [2.75, 3.05) is 17.2 Å². The molecule has 3 aromatic carbocycles. The number of amidine groups is 1. The third-order valence-electron chi connectivity index (χ3n) is 8.30. The number of aryl methyl sites for hydroxylation is 1. The van der Waals surface area contributed by atoms with Crippen molar-refractivity contribution in [2.24, 2.45) is 4.99 Å². The van der Waals surface area contributed by atoms with Crippen LogP contribution in [0.3, 0.4) is 0 Å². The van der Waals surface area contributed by atoms with Crippen molar-refractivity contribution in [3.05, 3.63) is 89.7 Å². The highest BCUT2D eigenvalue weighted by Gasteiger charge is 2.31. The Balaban J connectivity index is 1.06. The summed E-state index contributed by atoms with van der Waals surface area (Å²) in [4.78, 5) is 24.1. The van der Waals surface area contributed by atoms with E-state index in [1.807, 2.05) is 12.1 Å². The molecule has 2 atom stereocenters. The molecule has 2 unspecified atom stereocenters. The van der Waals surface area contributed by atoms with E-state index in [1.54, 1.807) is 11.8 Å². The fourth-order valence-electron chi connectivity index (χ4n) is 6.03. The van der Waals surface area contributed by atoms with Gasteiger partial charge in [0.05, 0.1) is 5.69 Å². The number of rotatable bonds is 7. The van der Waals surface area contributed by atoms with E-state index in [0.717, 1.165) is 48.0 Å². The molecule has 4 aromatic rings. The van der Waals surface area contributed by atoms with Gasteiger partial charge in [0.25, 0.3) is 0 Å². The number of nitrogens with one attached hydrogen (secondary N) is 1. The molecule has 2 amide bonds. The lowest BCUT2D eigenvalue weighted by atomic mass is 9.96. The zero-order chi connectivity index (χ0) is 32.4. The first-order valence-electron chi connectivity index (χ1n) is 15.3. The summed E-state index contributed by atoms with van der Waals surface area (Å²) in [6.45, 7) is 7.27. The Labute approximate surface area is 270 Å². The maximum absolute atomic E-state index is 13.0. The van der Waals surface area contributed by atoms with E-state index in [4.69, 9.17) is 0 Å². The Morgan fingerprint density at radius 1 is 1.07 bits per heavy atom. The van der Waals surface area contributed by atoms with E-state index in [1.165, 1.54) is 52.0 Å². The second kappa shape index (κ2) is 13.2. The van der Waals surface area contributed by atoms with Crippen molar-refractivity contribution < 1.29 is 22.7 Å². The summed E-state index contributed by atoms with van der Waals surface area (Å²) in [6, 6.07) is 19.8. The highest BCUT2D eigenvalue weighted by molar-refractivity contribution is 8.14. The van der Waals surface area contributed by atoms with Gasteiger partial charge in [-0.1, -0.05) is 62.0 Å². The van der Waals surface area contributed by atoms with Gasteiger partial charge in [-0.3, -0.25) is 0 Å². The standard InChI is InChI=1S/C34H35F3N6O2S/c1-21(2)29-15-4-22(3)18-30(29)42-16-17-46-33(42)40-32(44)39-26-10-9-25(19-26)23-5-7-24(8-6-23)31-38-20-43(41-31)27-11-13-28(14-12-27)45-34(35,36)37/h4-8,11-15,18,20-21,25-26H,9-10,16-17,19H2,1-3H3,(H,39,44)/b40-33-. The number of anilines is 1. The predicted octanol–water partition coefficient (Wildman–Crippen LogP) is 8.22. The number of alkyl halides is 3. The van der Waals surface area contributed by atoms with Crippen LogP contribution >= 0.6 is 11.8 Å². The van der Waals surface area contributed by atoms with E-state index >= 15 is 0 Å². The fraction of sp³-hybridized carbons (Fsp3) is 0.353. The van der Waals surface area contributed by atoms with Crippen LogP contribution in [-0.4, -0.2) is 50.7 Å². The molecule has 1 saturated heterocycles. The number of hydrogen-bond donors (Lipinski definition) is 1. The van der Waals surface area contributed by atoms with E-state index in [0.29, 0.717) is 23.3 Å². The predicted molar refractivity (Wildman–Crippen MR) is 175 cm³/mol. The number of halogens is 3. The summed E-state index contributed by atoms with van der Waals surface area (Å²) < 4.78 is 42.8. The Bertz CT molecular complexity index is 1720. The maximum Gasteiger partial charge on any atom is 0.573 e. The van der Waals surface area contributed by atoms with Crippen molar-refractivity contribution in [3.63, 3.8) is 0 Å². The number of benzene rings is 3. The number of aliphatic imine (C=N–C) groups is 1. The molecule has 8 nitrogen and oxygen atoms in total. The molecule has 1 aliphatic carbocycles. The van der Waals surface area contributed by atoms with Gasteiger partial charge >= 0.3 is 12.4 Å². The van der Waals surface area contributed by atoms with Crippen LogP contribution in [0.2, 0.25) is 0 Å². The van der Waals surface area contributed by atoms with E-state index in [-0.39, 0.29) is 17.8 Å². The van der Waals surface area contributed by atoms with Crippen molar-refractivity contribution >= 4 is 28.6 Å². The largest absolute Gasteiger partial charge is 0.573 e. The van der Waals surface area contributed by atoms with Gasteiger partial charge in [0.2, 0.25) is 0 Å². The highest BCUT2D eigenvalue weighted by Crippen LogP contribution is 2.36. The number of ether oxygens (including phenoxy) is 1. The molecule has 6 rings (SSSR count). The Hall–Kier alpha value is -4.32. The van der Waals surface area contributed by atoms with Crippen LogP contribution in [0.1, 0.15) is 61.6 Å². The minimum Gasteiger partial charge on any atom is -0.406 e. The maximum atomic E-state index is 13.0. The zero-order valence-electron chi connectivity index (χ0n) is 25.8.